The molecule has 2 nitrogen and oxygen atoms in total. The van der Waals surface area contributed by atoms with E-state index in [0.29, 0.717) is 12.0 Å². The first-order valence-electron chi connectivity index (χ1n) is 7.00. The van der Waals surface area contributed by atoms with E-state index in [0.717, 1.165) is 21.9 Å². The topological polar surface area (TPSA) is 38.9 Å². The van der Waals surface area contributed by atoms with Crippen LogP contribution in [0.25, 0.3) is 10.8 Å². The Labute approximate surface area is 123 Å². The Balaban J connectivity index is 1.99. The maximum absolute atomic E-state index is 14.2. The van der Waals surface area contributed by atoms with E-state index in [4.69, 9.17) is 5.73 Å². The van der Waals surface area contributed by atoms with E-state index in [-0.39, 0.29) is 11.9 Å². The van der Waals surface area contributed by atoms with Gasteiger partial charge in [-0.2, -0.15) is 0 Å². The van der Waals surface area contributed by atoms with Crippen LogP contribution in [0.4, 0.5) is 4.39 Å². The van der Waals surface area contributed by atoms with Gasteiger partial charge < -0.3 is 5.73 Å². The summed E-state index contributed by atoms with van der Waals surface area (Å²) in [7, 11) is 0. The molecule has 0 saturated carbocycles. The number of fused-ring (bicyclic) bond motifs is 1. The summed E-state index contributed by atoms with van der Waals surface area (Å²) < 4.78 is 14.2. The highest BCUT2D eigenvalue weighted by Crippen LogP contribution is 2.23. The molecule has 0 saturated heterocycles. The van der Waals surface area contributed by atoms with Crippen LogP contribution >= 0.6 is 0 Å². The first-order valence-corrected chi connectivity index (χ1v) is 7.00. The Hall–Kier alpha value is -2.26. The molecule has 2 N–H and O–H groups in total. The average Bonchev–Trinajstić information content (AvgIpc) is 2.49. The molecule has 1 unspecified atom stereocenters. The minimum atomic E-state index is -0.198. The molecule has 21 heavy (non-hydrogen) atoms. The van der Waals surface area contributed by atoms with Crippen molar-refractivity contribution in [2.24, 2.45) is 5.73 Å². The quantitative estimate of drug-likeness (QED) is 0.788. The van der Waals surface area contributed by atoms with Crippen molar-refractivity contribution in [1.82, 2.24) is 4.98 Å². The second-order valence-electron chi connectivity index (χ2n) is 5.33. The van der Waals surface area contributed by atoms with Gasteiger partial charge in [-0.15, -0.1) is 0 Å². The summed E-state index contributed by atoms with van der Waals surface area (Å²) in [6.07, 6.45) is 4.15. The second kappa shape index (κ2) is 5.62. The highest BCUT2D eigenvalue weighted by molar-refractivity contribution is 5.85. The highest BCUT2D eigenvalue weighted by Gasteiger charge is 2.09. The van der Waals surface area contributed by atoms with Gasteiger partial charge >= 0.3 is 0 Å². The lowest BCUT2D eigenvalue weighted by molar-refractivity contribution is 0.609. The van der Waals surface area contributed by atoms with Crippen LogP contribution in [0.3, 0.4) is 0 Å². The van der Waals surface area contributed by atoms with Crippen LogP contribution in [0.1, 0.15) is 29.7 Å². The van der Waals surface area contributed by atoms with Crippen molar-refractivity contribution in [2.75, 3.05) is 0 Å². The summed E-state index contributed by atoms with van der Waals surface area (Å²) in [5.74, 6) is -0.198. The van der Waals surface area contributed by atoms with Crippen molar-refractivity contribution in [3.8, 4) is 0 Å². The van der Waals surface area contributed by atoms with E-state index >= 15 is 0 Å². The molecule has 106 valence electrons. The van der Waals surface area contributed by atoms with Gasteiger partial charge in [0.15, 0.2) is 0 Å². The molecule has 0 bridgehead atoms. The minimum absolute atomic E-state index is 0.155. The standard InChI is InChI=1S/C18H17FN2/c1-12(20)13-5-6-15(18(19)10-13)9-14-3-2-4-16-11-21-8-7-17(14)16/h2-8,10-12H,9,20H2,1H3. The van der Waals surface area contributed by atoms with Crippen LogP contribution in [-0.4, -0.2) is 4.98 Å². The van der Waals surface area contributed by atoms with Crippen molar-refractivity contribution in [2.45, 2.75) is 19.4 Å². The van der Waals surface area contributed by atoms with Gasteiger partial charge in [0.1, 0.15) is 5.82 Å². The molecule has 0 radical (unpaired) electrons. The third kappa shape index (κ3) is 2.78. The third-order valence-electron chi connectivity index (χ3n) is 3.75. The Bertz CT molecular complexity index is 776. The van der Waals surface area contributed by atoms with E-state index in [1.54, 1.807) is 6.20 Å². The fourth-order valence-corrected chi connectivity index (χ4v) is 2.54. The SMILES string of the molecule is CC(N)c1ccc(Cc2cccc3cnccc23)c(F)c1. The van der Waals surface area contributed by atoms with E-state index < -0.39 is 0 Å². The average molecular weight is 280 g/mol. The smallest absolute Gasteiger partial charge is 0.127 e. The summed E-state index contributed by atoms with van der Waals surface area (Å²) in [4.78, 5) is 4.12. The zero-order valence-corrected chi connectivity index (χ0v) is 11.9. The molecule has 1 atom stereocenters. The number of benzene rings is 2. The minimum Gasteiger partial charge on any atom is -0.324 e. The van der Waals surface area contributed by atoms with Gasteiger partial charge in [0, 0.05) is 30.2 Å². The van der Waals surface area contributed by atoms with E-state index in [1.165, 1.54) is 6.07 Å². The van der Waals surface area contributed by atoms with E-state index in [9.17, 15) is 4.39 Å². The highest BCUT2D eigenvalue weighted by atomic mass is 19.1. The summed E-state index contributed by atoms with van der Waals surface area (Å²) in [5.41, 5.74) is 8.39. The lowest BCUT2D eigenvalue weighted by Gasteiger charge is -2.10. The summed E-state index contributed by atoms with van der Waals surface area (Å²) >= 11 is 0. The number of rotatable bonds is 3. The molecule has 1 aromatic heterocycles. The maximum atomic E-state index is 14.2. The lowest BCUT2D eigenvalue weighted by Crippen LogP contribution is -2.06. The molecular formula is C18H17FN2. The summed E-state index contributed by atoms with van der Waals surface area (Å²) in [6, 6.07) is 13.1. The molecular weight excluding hydrogens is 263 g/mol. The normalized spacial score (nSPS) is 12.5. The first-order chi connectivity index (χ1) is 10.1. The van der Waals surface area contributed by atoms with Crippen LogP contribution in [-0.2, 0) is 6.42 Å². The van der Waals surface area contributed by atoms with Gasteiger partial charge in [-0.3, -0.25) is 4.98 Å². The zero-order chi connectivity index (χ0) is 14.8. The predicted molar refractivity (Wildman–Crippen MR) is 83.6 cm³/mol. The summed E-state index contributed by atoms with van der Waals surface area (Å²) in [6.45, 7) is 1.85. The Morgan fingerprint density at radius 3 is 2.76 bits per heavy atom. The molecule has 3 heteroatoms. The number of nitrogens with zero attached hydrogens (tertiary/aromatic N) is 1. The van der Waals surface area contributed by atoms with Gasteiger partial charge in [-0.25, -0.2) is 4.39 Å². The van der Waals surface area contributed by atoms with Crippen LogP contribution in [0.15, 0.2) is 54.9 Å². The number of aromatic nitrogens is 1. The van der Waals surface area contributed by atoms with E-state index in [2.05, 4.69) is 4.98 Å². The van der Waals surface area contributed by atoms with Crippen LogP contribution in [0.5, 0.6) is 0 Å². The molecule has 0 aliphatic carbocycles. The van der Waals surface area contributed by atoms with Crippen LogP contribution in [0.2, 0.25) is 0 Å². The van der Waals surface area contributed by atoms with Gasteiger partial charge in [0.25, 0.3) is 0 Å². The molecule has 0 aliphatic rings. The van der Waals surface area contributed by atoms with Crippen molar-refractivity contribution < 1.29 is 4.39 Å². The van der Waals surface area contributed by atoms with Crippen molar-refractivity contribution >= 4 is 10.8 Å². The number of hydrogen-bond acceptors (Lipinski definition) is 2. The van der Waals surface area contributed by atoms with Gasteiger partial charge in [-0.1, -0.05) is 30.3 Å². The third-order valence-corrected chi connectivity index (χ3v) is 3.75. The number of hydrogen-bond donors (Lipinski definition) is 1. The number of nitrogens with two attached hydrogens (primary N) is 1. The first kappa shape index (κ1) is 13.7. The largest absolute Gasteiger partial charge is 0.324 e. The van der Waals surface area contributed by atoms with Crippen LogP contribution in [0, 0.1) is 5.82 Å². The Morgan fingerprint density at radius 2 is 2.00 bits per heavy atom. The molecule has 0 spiro atoms. The Kier molecular flexibility index (Phi) is 3.67. The molecule has 1 heterocycles. The molecule has 3 rings (SSSR count). The molecule has 0 aliphatic heterocycles. The van der Waals surface area contributed by atoms with Crippen LogP contribution < -0.4 is 5.73 Å². The number of pyridine rings is 1. The summed E-state index contributed by atoms with van der Waals surface area (Å²) in [5, 5.41) is 2.19. The second-order valence-corrected chi connectivity index (χ2v) is 5.33. The molecule has 0 fully saturated rings. The fourth-order valence-electron chi connectivity index (χ4n) is 2.54. The van der Waals surface area contributed by atoms with Gasteiger partial charge in [0.05, 0.1) is 0 Å². The van der Waals surface area contributed by atoms with Crippen molar-refractivity contribution in [3.63, 3.8) is 0 Å². The van der Waals surface area contributed by atoms with Crippen molar-refractivity contribution in [1.29, 1.82) is 0 Å². The molecule has 0 amide bonds. The molecule has 3 aromatic rings. The Morgan fingerprint density at radius 1 is 1.14 bits per heavy atom. The predicted octanol–water partition coefficient (Wildman–Crippen LogP) is 3.98. The van der Waals surface area contributed by atoms with E-state index in [1.807, 2.05) is 49.5 Å². The zero-order valence-electron chi connectivity index (χ0n) is 11.9. The lowest BCUT2D eigenvalue weighted by atomic mass is 9.97. The van der Waals surface area contributed by atoms with Crippen molar-refractivity contribution in [3.05, 3.63) is 77.4 Å². The molecule has 2 aromatic carbocycles. The fraction of sp³-hybridized carbons (Fsp3) is 0.167. The maximum Gasteiger partial charge on any atom is 0.127 e. The number of halogens is 1. The van der Waals surface area contributed by atoms with Gasteiger partial charge in [-0.05, 0) is 41.1 Å². The monoisotopic (exact) mass is 280 g/mol. The van der Waals surface area contributed by atoms with Gasteiger partial charge in [0.2, 0.25) is 0 Å².